The number of rotatable bonds is 4. The molecule has 2 atom stereocenters. The molecule has 4 nitrogen and oxygen atoms in total. The van der Waals surface area contributed by atoms with Crippen molar-refractivity contribution in [3.05, 3.63) is 35.4 Å². The normalized spacial score (nSPS) is 22.4. The van der Waals surface area contributed by atoms with Crippen LogP contribution in [0.5, 0.6) is 0 Å². The maximum absolute atomic E-state index is 11.8. The lowest BCUT2D eigenvalue weighted by Gasteiger charge is -2.34. The first-order valence-corrected chi connectivity index (χ1v) is 9.51. The van der Waals surface area contributed by atoms with Gasteiger partial charge >= 0.3 is 0 Å². The van der Waals surface area contributed by atoms with Gasteiger partial charge in [-0.1, -0.05) is 36.8 Å². The Hall–Kier alpha value is -0.910. The van der Waals surface area contributed by atoms with Crippen molar-refractivity contribution < 1.29 is 8.42 Å². The van der Waals surface area contributed by atoms with Crippen LogP contribution < -0.4 is 5.73 Å². The van der Waals surface area contributed by atoms with Gasteiger partial charge in [0.2, 0.25) is 0 Å². The van der Waals surface area contributed by atoms with Gasteiger partial charge in [-0.2, -0.15) is 0 Å². The molecule has 2 rings (SSSR count). The number of nitrogens with two attached hydrogens (primary N) is 1. The lowest BCUT2D eigenvalue weighted by molar-refractivity contribution is 0.182. The third kappa shape index (κ3) is 4.28. The first-order chi connectivity index (χ1) is 9.93. The fraction of sp³-hybridized carbons (Fsp3) is 0.625. The molecule has 0 aliphatic carbocycles. The molecule has 1 aliphatic rings. The third-order valence-corrected chi connectivity index (χ3v) is 5.99. The second-order valence-electron chi connectivity index (χ2n) is 5.97. The molecular formula is C16H26N2O2S. The first kappa shape index (κ1) is 16.5. The Balaban J connectivity index is 2.25. The Bertz CT molecular complexity index is 554. The molecule has 0 spiro atoms. The summed E-state index contributed by atoms with van der Waals surface area (Å²) in [5, 5.41) is 0. The van der Waals surface area contributed by atoms with Crippen LogP contribution in [-0.4, -0.2) is 44.0 Å². The van der Waals surface area contributed by atoms with Crippen LogP contribution in [0.1, 0.15) is 36.9 Å². The number of sulfone groups is 1. The van der Waals surface area contributed by atoms with Crippen molar-refractivity contribution in [1.29, 1.82) is 0 Å². The van der Waals surface area contributed by atoms with Gasteiger partial charge in [-0.05, 0) is 31.9 Å². The van der Waals surface area contributed by atoms with Crippen molar-refractivity contribution in [2.45, 2.75) is 38.8 Å². The second-order valence-corrected chi connectivity index (χ2v) is 8.27. The third-order valence-electron chi connectivity index (χ3n) is 4.28. The Labute approximate surface area is 128 Å². The number of hydrogen-bond donors (Lipinski definition) is 1. The van der Waals surface area contributed by atoms with Crippen LogP contribution in [0.15, 0.2) is 24.3 Å². The molecule has 0 saturated carbocycles. The predicted molar refractivity (Wildman–Crippen MR) is 87.0 cm³/mol. The zero-order valence-electron chi connectivity index (χ0n) is 13.0. The van der Waals surface area contributed by atoms with Gasteiger partial charge in [0.1, 0.15) is 0 Å². The number of aryl methyl sites for hydroxylation is 1. The molecule has 0 bridgehead atoms. The van der Waals surface area contributed by atoms with E-state index < -0.39 is 9.84 Å². The van der Waals surface area contributed by atoms with Crippen molar-refractivity contribution in [1.82, 2.24) is 4.90 Å². The van der Waals surface area contributed by atoms with E-state index in [9.17, 15) is 8.42 Å². The summed E-state index contributed by atoms with van der Waals surface area (Å²) in [5.74, 6) is 0.539. The van der Waals surface area contributed by atoms with Gasteiger partial charge in [0.15, 0.2) is 9.84 Å². The summed E-state index contributed by atoms with van der Waals surface area (Å²) in [5.41, 5.74) is 8.76. The molecule has 5 heteroatoms. The summed E-state index contributed by atoms with van der Waals surface area (Å²) < 4.78 is 23.6. The molecular weight excluding hydrogens is 284 g/mol. The van der Waals surface area contributed by atoms with E-state index in [1.807, 2.05) is 0 Å². The van der Waals surface area contributed by atoms with Crippen LogP contribution in [0, 0.1) is 6.92 Å². The highest BCUT2D eigenvalue weighted by molar-refractivity contribution is 7.91. The minimum Gasteiger partial charge on any atom is -0.326 e. The molecule has 0 aromatic heterocycles. The molecule has 2 unspecified atom stereocenters. The molecule has 1 aliphatic heterocycles. The predicted octanol–water partition coefficient (Wildman–Crippen LogP) is 1.89. The van der Waals surface area contributed by atoms with Crippen molar-refractivity contribution in [3.8, 4) is 0 Å². The Kier molecular flexibility index (Phi) is 5.41. The van der Waals surface area contributed by atoms with Crippen LogP contribution in [0.3, 0.4) is 0 Å². The molecule has 1 saturated heterocycles. The lowest BCUT2D eigenvalue weighted by Crippen LogP contribution is -2.42. The monoisotopic (exact) mass is 310 g/mol. The molecule has 0 radical (unpaired) electrons. The van der Waals surface area contributed by atoms with Crippen molar-refractivity contribution >= 4 is 9.84 Å². The number of hydrogen-bond acceptors (Lipinski definition) is 4. The van der Waals surface area contributed by atoms with Gasteiger partial charge in [-0.15, -0.1) is 0 Å². The molecule has 1 aromatic rings. The van der Waals surface area contributed by atoms with Gasteiger partial charge in [0.05, 0.1) is 11.5 Å². The van der Waals surface area contributed by atoms with E-state index in [0.717, 1.165) is 13.0 Å². The Morgan fingerprint density at radius 2 is 1.86 bits per heavy atom. The Morgan fingerprint density at radius 3 is 2.48 bits per heavy atom. The van der Waals surface area contributed by atoms with Crippen LogP contribution >= 0.6 is 0 Å². The van der Waals surface area contributed by atoms with Crippen LogP contribution in [0.25, 0.3) is 0 Å². The van der Waals surface area contributed by atoms with Crippen molar-refractivity contribution in [2.75, 3.05) is 24.6 Å². The summed E-state index contributed by atoms with van der Waals surface area (Å²) in [6.45, 7) is 5.53. The summed E-state index contributed by atoms with van der Waals surface area (Å²) in [6.07, 6.45) is 1.57. The number of nitrogens with zero attached hydrogens (tertiary/aromatic N) is 1. The van der Waals surface area contributed by atoms with E-state index in [0.29, 0.717) is 18.7 Å². The lowest BCUT2D eigenvalue weighted by atomic mass is 9.95. The van der Waals surface area contributed by atoms with Gasteiger partial charge in [-0.3, -0.25) is 4.90 Å². The highest BCUT2D eigenvalue weighted by Gasteiger charge is 2.29. The second kappa shape index (κ2) is 6.90. The molecule has 118 valence electrons. The summed E-state index contributed by atoms with van der Waals surface area (Å²) in [4.78, 5) is 2.25. The van der Waals surface area contributed by atoms with E-state index in [4.69, 9.17) is 5.73 Å². The highest BCUT2D eigenvalue weighted by Crippen LogP contribution is 2.27. The molecule has 21 heavy (non-hydrogen) atoms. The maximum atomic E-state index is 11.8. The summed E-state index contributed by atoms with van der Waals surface area (Å²) >= 11 is 0. The fourth-order valence-electron chi connectivity index (χ4n) is 2.95. The molecule has 0 amide bonds. The SMILES string of the molecule is CCC(N)C(c1ccc(C)cc1)N1CCCS(=O)(=O)CC1. The molecule has 1 heterocycles. The molecule has 1 fully saturated rings. The Morgan fingerprint density at radius 1 is 1.19 bits per heavy atom. The first-order valence-electron chi connectivity index (χ1n) is 7.69. The van der Waals surface area contributed by atoms with Gasteiger partial charge in [0, 0.05) is 18.6 Å². The van der Waals surface area contributed by atoms with Gasteiger partial charge in [-0.25, -0.2) is 8.42 Å². The van der Waals surface area contributed by atoms with Crippen LogP contribution in [0.4, 0.5) is 0 Å². The van der Waals surface area contributed by atoms with Gasteiger partial charge in [0.25, 0.3) is 0 Å². The van der Waals surface area contributed by atoms with Crippen molar-refractivity contribution in [3.63, 3.8) is 0 Å². The average Bonchev–Trinajstić information content (AvgIpc) is 2.62. The van der Waals surface area contributed by atoms with E-state index in [2.05, 4.69) is 43.0 Å². The largest absolute Gasteiger partial charge is 0.326 e. The van der Waals surface area contributed by atoms with E-state index >= 15 is 0 Å². The van der Waals surface area contributed by atoms with Crippen molar-refractivity contribution in [2.24, 2.45) is 5.73 Å². The zero-order chi connectivity index (χ0) is 15.5. The smallest absolute Gasteiger partial charge is 0.151 e. The minimum absolute atomic E-state index is 0.0218. The molecule has 2 N–H and O–H groups in total. The minimum atomic E-state index is -2.89. The summed E-state index contributed by atoms with van der Waals surface area (Å²) in [6, 6.07) is 8.56. The quantitative estimate of drug-likeness (QED) is 0.922. The van der Waals surface area contributed by atoms with E-state index in [1.165, 1.54) is 11.1 Å². The highest BCUT2D eigenvalue weighted by atomic mass is 32.2. The zero-order valence-corrected chi connectivity index (χ0v) is 13.8. The fourth-order valence-corrected chi connectivity index (χ4v) is 4.24. The summed E-state index contributed by atoms with van der Waals surface area (Å²) in [7, 11) is -2.89. The standard InChI is InChI=1S/C16H26N2O2S/c1-3-15(17)16(14-7-5-13(2)6-8-14)18-9-4-11-21(19,20)12-10-18/h5-8,15-16H,3-4,9-12,17H2,1-2H3. The van der Waals surface area contributed by atoms with Crippen LogP contribution in [0.2, 0.25) is 0 Å². The average molecular weight is 310 g/mol. The topological polar surface area (TPSA) is 63.4 Å². The van der Waals surface area contributed by atoms with Crippen LogP contribution in [-0.2, 0) is 9.84 Å². The molecule has 1 aromatic carbocycles. The van der Waals surface area contributed by atoms with E-state index in [-0.39, 0.29) is 17.8 Å². The number of benzene rings is 1. The van der Waals surface area contributed by atoms with E-state index in [1.54, 1.807) is 0 Å². The van der Waals surface area contributed by atoms with Gasteiger partial charge < -0.3 is 5.73 Å². The maximum Gasteiger partial charge on any atom is 0.151 e.